The maximum absolute atomic E-state index is 6.76. The molecule has 1 aromatic heterocycles. The molecule has 2 heteroatoms. The highest BCUT2D eigenvalue weighted by Gasteiger charge is 2.46. The van der Waals surface area contributed by atoms with Crippen molar-refractivity contribution in [3.8, 4) is 44.5 Å². The SMILES string of the molecule is c1ccc(-c2cccc(-c3ccc(N(c4ccc5c(c4)C(c4ccccc4)(c4ccccc4)c4ccccc4-5)c4ccccc4-c4cccc5oc6c7ccccc7ccc6c45)cc3)c2)cc1. The van der Waals surface area contributed by atoms with E-state index in [0.29, 0.717) is 0 Å². The number of nitrogens with zero attached hydrogens (tertiary/aromatic N) is 1. The summed E-state index contributed by atoms with van der Waals surface area (Å²) < 4.78 is 6.76. The quantitative estimate of drug-likeness (QED) is 0.151. The third-order valence-electron chi connectivity index (χ3n) is 14.0. The molecule has 12 aromatic rings. The van der Waals surface area contributed by atoms with Gasteiger partial charge in [0.1, 0.15) is 11.2 Å². The standard InChI is InChI=1S/C65H43NO/c1-4-18-44(19-5-1)47-21-16-22-48(42-47)45-34-37-51(38-35-45)66(61-32-15-13-29-56(61)57-30-17-33-62-63(57)58-40-36-46-20-10-11-27-53(46)64(58)67-62)52-39-41-55-54-28-12-14-31-59(54)65(60(55)43-52,49-23-6-2-7-24-49)50-25-8-3-9-26-50/h1-43H. The average Bonchev–Trinajstić information content (AvgIpc) is 3.94. The molecule has 0 unspecified atom stereocenters. The number of hydrogen-bond acceptors (Lipinski definition) is 2. The summed E-state index contributed by atoms with van der Waals surface area (Å²) in [6, 6.07) is 95.1. The number of hydrogen-bond donors (Lipinski definition) is 0. The molecule has 0 saturated carbocycles. The molecule has 0 atom stereocenters. The topological polar surface area (TPSA) is 16.4 Å². The van der Waals surface area contributed by atoms with E-state index in [1.807, 2.05) is 0 Å². The van der Waals surface area contributed by atoms with E-state index < -0.39 is 5.41 Å². The zero-order chi connectivity index (χ0) is 44.3. The maximum Gasteiger partial charge on any atom is 0.143 e. The second-order valence-electron chi connectivity index (χ2n) is 17.5. The van der Waals surface area contributed by atoms with Crippen LogP contribution in [0.3, 0.4) is 0 Å². The Hall–Kier alpha value is -8.72. The first kappa shape index (κ1) is 38.7. The molecule has 13 rings (SSSR count). The lowest BCUT2D eigenvalue weighted by Crippen LogP contribution is -2.28. The van der Waals surface area contributed by atoms with Gasteiger partial charge in [0.15, 0.2) is 0 Å². The molecule has 0 saturated heterocycles. The number of rotatable bonds is 8. The van der Waals surface area contributed by atoms with E-state index >= 15 is 0 Å². The van der Waals surface area contributed by atoms with E-state index in [4.69, 9.17) is 4.42 Å². The molecule has 0 radical (unpaired) electrons. The minimum absolute atomic E-state index is 0.548. The van der Waals surface area contributed by atoms with Gasteiger partial charge in [-0.3, -0.25) is 0 Å². The summed E-state index contributed by atoms with van der Waals surface area (Å²) in [6.07, 6.45) is 0. The van der Waals surface area contributed by atoms with Crippen molar-refractivity contribution in [1.29, 1.82) is 0 Å². The van der Waals surface area contributed by atoms with Gasteiger partial charge >= 0.3 is 0 Å². The Labute approximate surface area is 390 Å². The summed E-state index contributed by atoms with van der Waals surface area (Å²) in [5, 5.41) is 4.50. The van der Waals surface area contributed by atoms with E-state index in [-0.39, 0.29) is 0 Å². The van der Waals surface area contributed by atoms with Crippen molar-refractivity contribution in [3.63, 3.8) is 0 Å². The van der Waals surface area contributed by atoms with Crippen LogP contribution in [0.15, 0.2) is 265 Å². The Balaban J connectivity index is 1.04. The zero-order valence-electron chi connectivity index (χ0n) is 36.7. The summed E-state index contributed by atoms with van der Waals surface area (Å²) in [4.78, 5) is 2.46. The van der Waals surface area contributed by atoms with Gasteiger partial charge in [-0.25, -0.2) is 0 Å². The van der Waals surface area contributed by atoms with Crippen molar-refractivity contribution in [2.24, 2.45) is 0 Å². The number of anilines is 3. The van der Waals surface area contributed by atoms with Crippen LogP contribution >= 0.6 is 0 Å². The van der Waals surface area contributed by atoms with E-state index in [2.05, 4.69) is 266 Å². The Morgan fingerprint density at radius 1 is 0.328 bits per heavy atom. The van der Waals surface area contributed by atoms with Gasteiger partial charge in [-0.15, -0.1) is 0 Å². The van der Waals surface area contributed by atoms with Crippen LogP contribution in [0.5, 0.6) is 0 Å². The van der Waals surface area contributed by atoms with Gasteiger partial charge in [-0.05, 0) is 115 Å². The predicted molar refractivity (Wildman–Crippen MR) is 280 cm³/mol. The molecule has 11 aromatic carbocycles. The first-order valence-electron chi connectivity index (χ1n) is 23.1. The fourth-order valence-corrected chi connectivity index (χ4v) is 11.0. The summed E-state index contributed by atoms with van der Waals surface area (Å²) in [5.41, 5.74) is 19.0. The van der Waals surface area contributed by atoms with Crippen molar-refractivity contribution in [2.75, 3.05) is 4.90 Å². The van der Waals surface area contributed by atoms with E-state index in [9.17, 15) is 0 Å². The number of fused-ring (bicyclic) bond motifs is 8. The highest BCUT2D eigenvalue weighted by atomic mass is 16.3. The van der Waals surface area contributed by atoms with Crippen molar-refractivity contribution >= 4 is 49.8 Å². The van der Waals surface area contributed by atoms with Gasteiger partial charge < -0.3 is 9.32 Å². The molecule has 1 aliphatic carbocycles. The van der Waals surface area contributed by atoms with Gasteiger partial charge in [-0.2, -0.15) is 0 Å². The van der Waals surface area contributed by atoms with E-state index in [1.54, 1.807) is 0 Å². The lowest BCUT2D eigenvalue weighted by atomic mass is 9.67. The number of furan rings is 1. The molecule has 314 valence electrons. The minimum Gasteiger partial charge on any atom is -0.455 e. The highest BCUT2D eigenvalue weighted by Crippen LogP contribution is 2.57. The smallest absolute Gasteiger partial charge is 0.143 e. The molecular formula is C65H43NO. The monoisotopic (exact) mass is 853 g/mol. The molecule has 0 N–H and O–H groups in total. The molecular weight excluding hydrogens is 811 g/mol. The summed E-state index contributed by atoms with van der Waals surface area (Å²) in [6.45, 7) is 0. The Bertz CT molecular complexity index is 3760. The van der Waals surface area contributed by atoms with Gasteiger partial charge in [0, 0.05) is 33.1 Å². The number of para-hydroxylation sites is 1. The van der Waals surface area contributed by atoms with Crippen LogP contribution in [0.4, 0.5) is 17.1 Å². The van der Waals surface area contributed by atoms with Crippen LogP contribution in [0.25, 0.3) is 77.2 Å². The Morgan fingerprint density at radius 3 is 1.66 bits per heavy atom. The first-order chi connectivity index (χ1) is 33.2. The molecule has 1 aliphatic rings. The highest BCUT2D eigenvalue weighted by molar-refractivity contribution is 6.19. The molecule has 0 bridgehead atoms. The fraction of sp³-hybridized carbons (Fsp3) is 0.0154. The van der Waals surface area contributed by atoms with Gasteiger partial charge in [0.2, 0.25) is 0 Å². The minimum atomic E-state index is -0.548. The van der Waals surface area contributed by atoms with Crippen LogP contribution in [-0.2, 0) is 5.41 Å². The van der Waals surface area contributed by atoms with E-state index in [0.717, 1.165) is 61.1 Å². The lowest BCUT2D eigenvalue weighted by molar-refractivity contribution is 0.673. The van der Waals surface area contributed by atoms with Crippen LogP contribution in [0, 0.1) is 0 Å². The number of benzene rings is 11. The normalized spacial score (nSPS) is 12.6. The van der Waals surface area contributed by atoms with E-state index in [1.165, 1.54) is 55.5 Å². The Morgan fingerprint density at radius 2 is 0.896 bits per heavy atom. The molecule has 0 amide bonds. The van der Waals surface area contributed by atoms with Crippen molar-refractivity contribution < 1.29 is 4.42 Å². The lowest BCUT2D eigenvalue weighted by Gasteiger charge is -2.35. The summed E-state index contributed by atoms with van der Waals surface area (Å²) in [7, 11) is 0. The van der Waals surface area contributed by atoms with Crippen LogP contribution < -0.4 is 4.90 Å². The maximum atomic E-state index is 6.76. The fourth-order valence-electron chi connectivity index (χ4n) is 11.0. The second-order valence-corrected chi connectivity index (χ2v) is 17.5. The molecule has 0 aliphatic heterocycles. The second kappa shape index (κ2) is 15.8. The largest absolute Gasteiger partial charge is 0.455 e. The molecule has 0 fully saturated rings. The summed E-state index contributed by atoms with van der Waals surface area (Å²) in [5.74, 6) is 0. The van der Waals surface area contributed by atoms with Gasteiger partial charge in [-0.1, -0.05) is 212 Å². The van der Waals surface area contributed by atoms with Crippen LogP contribution in [-0.4, -0.2) is 0 Å². The van der Waals surface area contributed by atoms with Crippen LogP contribution in [0.1, 0.15) is 22.3 Å². The first-order valence-corrected chi connectivity index (χ1v) is 23.1. The molecule has 0 spiro atoms. The van der Waals surface area contributed by atoms with Crippen molar-refractivity contribution in [2.45, 2.75) is 5.41 Å². The van der Waals surface area contributed by atoms with Gasteiger partial charge in [0.05, 0.1) is 11.1 Å². The zero-order valence-corrected chi connectivity index (χ0v) is 36.7. The summed E-state index contributed by atoms with van der Waals surface area (Å²) >= 11 is 0. The van der Waals surface area contributed by atoms with Gasteiger partial charge in [0.25, 0.3) is 0 Å². The van der Waals surface area contributed by atoms with Crippen molar-refractivity contribution in [1.82, 2.24) is 0 Å². The molecule has 67 heavy (non-hydrogen) atoms. The Kier molecular flexibility index (Phi) is 9.11. The predicted octanol–water partition coefficient (Wildman–Crippen LogP) is 17.6. The molecule has 2 nitrogen and oxygen atoms in total. The average molecular weight is 854 g/mol. The van der Waals surface area contributed by atoms with Crippen LogP contribution in [0.2, 0.25) is 0 Å². The third kappa shape index (κ3) is 6.18. The third-order valence-corrected chi connectivity index (χ3v) is 14.0. The molecule has 1 heterocycles. The van der Waals surface area contributed by atoms with Crippen molar-refractivity contribution in [3.05, 3.63) is 283 Å².